The molecule has 1 aromatic rings. The number of benzene rings is 1. The van der Waals surface area contributed by atoms with E-state index < -0.39 is 52.6 Å². The Hall–Kier alpha value is -2.52. The zero-order chi connectivity index (χ0) is 20.8. The number of aliphatic hydroxyl groups is 1. The number of fused-ring (bicyclic) bond motifs is 1. The fourth-order valence-electron chi connectivity index (χ4n) is 3.38. The maximum absolute atomic E-state index is 14.1. The Labute approximate surface area is 157 Å². The molecule has 0 aromatic heterocycles. The molecule has 1 aliphatic heterocycles. The summed E-state index contributed by atoms with van der Waals surface area (Å²) in [5.74, 6) is -2.73. The Bertz CT molecular complexity index is 917. The number of ketones is 1. The van der Waals surface area contributed by atoms with Crippen molar-refractivity contribution in [2.75, 3.05) is 14.2 Å². The summed E-state index contributed by atoms with van der Waals surface area (Å²) in [6, 6.07) is 1.60. The molecule has 1 aromatic carbocycles. The summed E-state index contributed by atoms with van der Waals surface area (Å²) in [7, 11) is 2.48. The van der Waals surface area contributed by atoms with E-state index in [1.807, 2.05) is 0 Å². The SMILES string of the molecule is COC1C(C(F)(F)F)=CC=C(CC2=CC(O)c3c(F)ccc(F)c3C2=O)N1C. The van der Waals surface area contributed by atoms with E-state index in [2.05, 4.69) is 0 Å². The quantitative estimate of drug-likeness (QED) is 0.783. The van der Waals surface area contributed by atoms with Crippen LogP contribution in [0.2, 0.25) is 0 Å². The molecule has 0 saturated carbocycles. The van der Waals surface area contributed by atoms with Gasteiger partial charge in [-0.2, -0.15) is 13.2 Å². The Kier molecular flexibility index (Phi) is 5.16. The number of methoxy groups -OCH3 is 1. The van der Waals surface area contributed by atoms with Crippen molar-refractivity contribution >= 4 is 5.78 Å². The van der Waals surface area contributed by atoms with Gasteiger partial charge < -0.3 is 14.7 Å². The van der Waals surface area contributed by atoms with Crippen molar-refractivity contribution in [2.24, 2.45) is 0 Å². The number of likely N-dealkylation sites (N-methyl/N-ethyl adjacent to an activating group) is 1. The average Bonchev–Trinajstić information content (AvgIpc) is 2.61. The van der Waals surface area contributed by atoms with E-state index in [4.69, 9.17) is 4.74 Å². The molecular weight excluding hydrogens is 385 g/mol. The first-order chi connectivity index (χ1) is 13.1. The van der Waals surface area contributed by atoms with Crippen molar-refractivity contribution in [1.82, 2.24) is 4.90 Å². The lowest BCUT2D eigenvalue weighted by atomic mass is 9.85. The number of allylic oxidation sites excluding steroid dienone is 3. The fraction of sp³-hybridized carbons (Fsp3) is 0.316. The number of hydrogen-bond acceptors (Lipinski definition) is 4. The molecule has 0 amide bonds. The summed E-state index contributed by atoms with van der Waals surface area (Å²) in [6.07, 6.45) is -4.67. The minimum Gasteiger partial charge on any atom is -0.384 e. The first-order valence-electron chi connectivity index (χ1n) is 8.21. The number of ether oxygens (including phenoxy) is 1. The summed E-state index contributed by atoms with van der Waals surface area (Å²) < 4.78 is 72.3. The van der Waals surface area contributed by atoms with Crippen molar-refractivity contribution in [3.8, 4) is 0 Å². The highest BCUT2D eigenvalue weighted by atomic mass is 19.4. The van der Waals surface area contributed by atoms with Gasteiger partial charge in [0.25, 0.3) is 0 Å². The van der Waals surface area contributed by atoms with E-state index in [1.54, 1.807) is 0 Å². The van der Waals surface area contributed by atoms with Crippen LogP contribution < -0.4 is 0 Å². The smallest absolute Gasteiger partial charge is 0.384 e. The molecule has 0 saturated heterocycles. The van der Waals surface area contributed by atoms with Crippen LogP contribution in [0, 0.1) is 11.6 Å². The minimum absolute atomic E-state index is 0.0543. The third-order valence-electron chi connectivity index (χ3n) is 4.76. The highest BCUT2D eigenvalue weighted by Gasteiger charge is 2.42. The van der Waals surface area contributed by atoms with E-state index >= 15 is 0 Å². The van der Waals surface area contributed by atoms with E-state index in [0.717, 1.165) is 31.4 Å². The molecule has 2 unspecified atom stereocenters. The van der Waals surface area contributed by atoms with Crippen LogP contribution in [-0.2, 0) is 4.74 Å². The van der Waals surface area contributed by atoms with Gasteiger partial charge in [-0.25, -0.2) is 8.78 Å². The third kappa shape index (κ3) is 3.35. The van der Waals surface area contributed by atoms with Crippen LogP contribution in [0.1, 0.15) is 28.4 Å². The number of carbonyl (C=O) groups excluding carboxylic acids is 1. The number of alkyl halides is 3. The Morgan fingerprint density at radius 1 is 1.18 bits per heavy atom. The Morgan fingerprint density at radius 3 is 2.43 bits per heavy atom. The van der Waals surface area contributed by atoms with E-state index in [1.165, 1.54) is 18.0 Å². The number of aliphatic hydroxyl groups excluding tert-OH is 1. The Balaban J connectivity index is 1.96. The topological polar surface area (TPSA) is 49.8 Å². The van der Waals surface area contributed by atoms with Gasteiger partial charge in [-0.05, 0) is 30.4 Å². The maximum atomic E-state index is 14.1. The van der Waals surface area contributed by atoms with Crippen LogP contribution in [0.5, 0.6) is 0 Å². The van der Waals surface area contributed by atoms with Crippen LogP contribution in [0.25, 0.3) is 0 Å². The lowest BCUT2D eigenvalue weighted by molar-refractivity contribution is -0.122. The first kappa shape index (κ1) is 20.2. The van der Waals surface area contributed by atoms with Gasteiger partial charge >= 0.3 is 6.18 Å². The zero-order valence-corrected chi connectivity index (χ0v) is 14.8. The molecular formula is C19H16F5NO3. The van der Waals surface area contributed by atoms with Crippen molar-refractivity contribution in [3.63, 3.8) is 0 Å². The molecule has 2 atom stereocenters. The number of nitrogens with zero attached hydrogens (tertiary/aromatic N) is 1. The maximum Gasteiger partial charge on any atom is 0.416 e. The molecule has 150 valence electrons. The molecule has 1 aliphatic carbocycles. The van der Waals surface area contributed by atoms with Crippen molar-refractivity contribution < 1.29 is 36.6 Å². The second kappa shape index (κ2) is 7.14. The van der Waals surface area contributed by atoms with Crippen LogP contribution in [0.3, 0.4) is 0 Å². The number of carbonyl (C=O) groups is 1. The van der Waals surface area contributed by atoms with Gasteiger partial charge in [-0.1, -0.05) is 0 Å². The van der Waals surface area contributed by atoms with Gasteiger partial charge in [-0.15, -0.1) is 0 Å². The summed E-state index contributed by atoms with van der Waals surface area (Å²) in [6.45, 7) is 0. The van der Waals surface area contributed by atoms with Crippen molar-refractivity contribution in [1.29, 1.82) is 0 Å². The van der Waals surface area contributed by atoms with Gasteiger partial charge in [0.05, 0.1) is 11.1 Å². The van der Waals surface area contributed by atoms with E-state index in [-0.39, 0.29) is 17.7 Å². The van der Waals surface area contributed by atoms with Crippen molar-refractivity contribution in [2.45, 2.75) is 24.9 Å². The lowest BCUT2D eigenvalue weighted by Crippen LogP contribution is -2.41. The molecule has 4 nitrogen and oxygen atoms in total. The minimum atomic E-state index is -4.60. The molecule has 1 heterocycles. The first-order valence-corrected chi connectivity index (χ1v) is 8.21. The molecule has 0 fully saturated rings. The van der Waals surface area contributed by atoms with Gasteiger partial charge in [0.15, 0.2) is 12.0 Å². The molecule has 0 radical (unpaired) electrons. The second-order valence-corrected chi connectivity index (χ2v) is 6.44. The normalized spacial score (nSPS) is 22.5. The van der Waals surface area contributed by atoms with Crippen LogP contribution in [-0.4, -0.2) is 42.4 Å². The van der Waals surface area contributed by atoms with Crippen molar-refractivity contribution in [3.05, 3.63) is 70.0 Å². The van der Waals surface area contributed by atoms with Gasteiger partial charge in [0.2, 0.25) is 0 Å². The molecule has 3 rings (SSSR count). The number of halogens is 5. The van der Waals surface area contributed by atoms with Crippen LogP contribution in [0.15, 0.2) is 47.2 Å². The van der Waals surface area contributed by atoms with Gasteiger partial charge in [-0.3, -0.25) is 4.79 Å². The zero-order valence-electron chi connectivity index (χ0n) is 14.8. The number of Topliss-reactive ketones (excluding diaryl/α,β-unsaturated/α-hetero) is 1. The Morgan fingerprint density at radius 2 is 1.82 bits per heavy atom. The summed E-state index contributed by atoms with van der Waals surface area (Å²) in [5, 5.41) is 10.1. The summed E-state index contributed by atoms with van der Waals surface area (Å²) in [5.41, 5.74) is -1.70. The van der Waals surface area contributed by atoms with E-state index in [9.17, 15) is 31.9 Å². The predicted molar refractivity (Wildman–Crippen MR) is 89.1 cm³/mol. The molecule has 0 bridgehead atoms. The predicted octanol–water partition coefficient (Wildman–Crippen LogP) is 3.80. The highest BCUT2D eigenvalue weighted by molar-refractivity contribution is 6.11. The molecule has 0 spiro atoms. The van der Waals surface area contributed by atoms with E-state index in [0.29, 0.717) is 0 Å². The molecule has 28 heavy (non-hydrogen) atoms. The van der Waals surface area contributed by atoms with Crippen LogP contribution >= 0.6 is 0 Å². The molecule has 1 N–H and O–H groups in total. The third-order valence-corrected chi connectivity index (χ3v) is 4.76. The largest absolute Gasteiger partial charge is 0.416 e. The second-order valence-electron chi connectivity index (χ2n) is 6.44. The van der Waals surface area contributed by atoms with Gasteiger partial charge in [0.1, 0.15) is 17.7 Å². The fourth-order valence-corrected chi connectivity index (χ4v) is 3.38. The molecule has 9 heteroatoms. The number of hydrogen-bond donors (Lipinski definition) is 1. The van der Waals surface area contributed by atoms with Crippen LogP contribution in [0.4, 0.5) is 22.0 Å². The average molecular weight is 401 g/mol. The van der Waals surface area contributed by atoms with Gasteiger partial charge in [0, 0.05) is 37.4 Å². The summed E-state index contributed by atoms with van der Waals surface area (Å²) >= 11 is 0. The monoisotopic (exact) mass is 401 g/mol. The standard InChI is InChI=1S/C19H16F5NO3/c1-25-10(3-4-11(18(25)28-2)19(22,23)24)7-9-8-14(26)15-12(20)5-6-13(21)16(15)17(9)27/h3-6,8,14,18,26H,7H2,1-2H3. The molecule has 2 aliphatic rings. The summed E-state index contributed by atoms with van der Waals surface area (Å²) in [4.78, 5) is 13.8. The number of rotatable bonds is 3. The highest BCUT2D eigenvalue weighted by Crippen LogP contribution is 2.38. The lowest BCUT2D eigenvalue weighted by Gasteiger charge is -2.36.